The standard InChI is InChI=1S/C22H16ClF3N4O3/c1-11-9-17(31)28-20-18(12-3-6-14(33-2)7-4-12)19(29-30(11)20)21(32)27-13-5-8-16(23)15(10-13)22(24,25)26/h3-10H,1-2H3,(H,27,32)(H,28,31). The summed E-state index contributed by atoms with van der Waals surface area (Å²) in [5.41, 5.74) is -0.0870. The second kappa shape index (κ2) is 8.28. The van der Waals surface area contributed by atoms with E-state index in [2.05, 4.69) is 15.4 Å². The van der Waals surface area contributed by atoms with E-state index < -0.39 is 28.2 Å². The van der Waals surface area contributed by atoms with Gasteiger partial charge < -0.3 is 15.0 Å². The van der Waals surface area contributed by atoms with Crippen molar-refractivity contribution in [2.45, 2.75) is 13.1 Å². The number of hydrogen-bond acceptors (Lipinski definition) is 4. The van der Waals surface area contributed by atoms with E-state index in [0.29, 0.717) is 22.6 Å². The number of carbonyl (C=O) groups is 1. The molecule has 0 spiro atoms. The Hall–Kier alpha value is -3.79. The van der Waals surface area contributed by atoms with Crippen LogP contribution in [0.3, 0.4) is 0 Å². The lowest BCUT2D eigenvalue weighted by Crippen LogP contribution is -2.15. The number of H-pyrrole nitrogens is 1. The Kier molecular flexibility index (Phi) is 5.62. The van der Waals surface area contributed by atoms with Gasteiger partial charge in [0.25, 0.3) is 11.5 Å². The lowest BCUT2D eigenvalue weighted by Gasteiger charge is -2.11. The smallest absolute Gasteiger partial charge is 0.417 e. The number of aryl methyl sites for hydroxylation is 1. The second-order valence-electron chi connectivity index (χ2n) is 7.13. The predicted molar refractivity (Wildman–Crippen MR) is 117 cm³/mol. The van der Waals surface area contributed by atoms with Crippen LogP contribution < -0.4 is 15.6 Å². The number of aromatic amines is 1. The quantitative estimate of drug-likeness (QED) is 0.437. The number of hydrogen-bond donors (Lipinski definition) is 2. The first-order chi connectivity index (χ1) is 15.6. The van der Waals surface area contributed by atoms with Gasteiger partial charge >= 0.3 is 6.18 Å². The molecule has 0 aliphatic rings. The topological polar surface area (TPSA) is 88.5 Å². The second-order valence-corrected chi connectivity index (χ2v) is 7.54. The fraction of sp³-hybridized carbons (Fsp3) is 0.136. The largest absolute Gasteiger partial charge is 0.497 e. The molecule has 0 unspecified atom stereocenters. The van der Waals surface area contributed by atoms with Gasteiger partial charge in [-0.05, 0) is 42.8 Å². The first-order valence-corrected chi connectivity index (χ1v) is 9.91. The highest BCUT2D eigenvalue weighted by molar-refractivity contribution is 6.31. The van der Waals surface area contributed by atoms with Crippen LogP contribution in [-0.2, 0) is 6.18 Å². The van der Waals surface area contributed by atoms with Crippen molar-refractivity contribution in [1.82, 2.24) is 14.6 Å². The molecule has 33 heavy (non-hydrogen) atoms. The molecule has 0 bridgehead atoms. The van der Waals surface area contributed by atoms with Gasteiger partial charge in [-0.25, -0.2) is 4.52 Å². The molecule has 2 aromatic heterocycles. The highest BCUT2D eigenvalue weighted by atomic mass is 35.5. The van der Waals surface area contributed by atoms with Gasteiger partial charge in [0.1, 0.15) is 11.4 Å². The Bertz CT molecular complexity index is 1430. The predicted octanol–water partition coefficient (Wildman–Crippen LogP) is 4.93. The summed E-state index contributed by atoms with van der Waals surface area (Å²) < 4.78 is 46.1. The number of methoxy groups -OCH3 is 1. The molecule has 0 fully saturated rings. The van der Waals surface area contributed by atoms with Gasteiger partial charge in [0.15, 0.2) is 5.69 Å². The molecule has 7 nitrogen and oxygen atoms in total. The maximum Gasteiger partial charge on any atom is 0.417 e. The zero-order valence-electron chi connectivity index (χ0n) is 17.2. The highest BCUT2D eigenvalue weighted by Crippen LogP contribution is 2.36. The summed E-state index contributed by atoms with van der Waals surface area (Å²) in [5.74, 6) is -0.188. The Morgan fingerprint density at radius 2 is 1.85 bits per heavy atom. The van der Waals surface area contributed by atoms with E-state index in [1.54, 1.807) is 31.2 Å². The molecule has 0 aliphatic heterocycles. The van der Waals surface area contributed by atoms with Crippen molar-refractivity contribution in [2.75, 3.05) is 12.4 Å². The molecular formula is C22H16ClF3N4O3. The van der Waals surface area contributed by atoms with Crippen molar-refractivity contribution in [3.63, 3.8) is 0 Å². The van der Waals surface area contributed by atoms with Crippen molar-refractivity contribution >= 4 is 28.8 Å². The van der Waals surface area contributed by atoms with Gasteiger partial charge in [-0.2, -0.15) is 18.3 Å². The average molecular weight is 477 g/mol. The molecule has 4 rings (SSSR count). The van der Waals surface area contributed by atoms with Crippen LogP contribution in [0.25, 0.3) is 16.8 Å². The lowest BCUT2D eigenvalue weighted by atomic mass is 10.0. The van der Waals surface area contributed by atoms with E-state index in [0.717, 1.165) is 12.1 Å². The summed E-state index contributed by atoms with van der Waals surface area (Å²) in [7, 11) is 1.51. The van der Waals surface area contributed by atoms with Crippen LogP contribution in [-0.4, -0.2) is 27.6 Å². The third-order valence-corrected chi connectivity index (χ3v) is 5.25. The molecule has 2 N–H and O–H groups in total. The summed E-state index contributed by atoms with van der Waals surface area (Å²) in [6.45, 7) is 1.64. The number of carbonyl (C=O) groups excluding carboxylic acids is 1. The number of anilines is 1. The molecule has 2 heterocycles. The third-order valence-electron chi connectivity index (χ3n) is 4.92. The number of amides is 1. The zero-order chi connectivity index (χ0) is 23.9. The summed E-state index contributed by atoms with van der Waals surface area (Å²) >= 11 is 5.66. The SMILES string of the molecule is COc1ccc(-c2c(C(=O)Nc3ccc(Cl)c(C(F)(F)F)c3)nn3c(C)cc(=O)[nH]c23)cc1. The van der Waals surface area contributed by atoms with E-state index in [9.17, 15) is 22.8 Å². The van der Waals surface area contributed by atoms with Crippen LogP contribution in [0.15, 0.2) is 53.3 Å². The van der Waals surface area contributed by atoms with Crippen LogP contribution in [0, 0.1) is 6.92 Å². The molecular weight excluding hydrogens is 461 g/mol. The molecule has 2 aromatic carbocycles. The summed E-state index contributed by atoms with van der Waals surface area (Å²) in [6.07, 6.45) is -4.69. The van der Waals surface area contributed by atoms with Crippen molar-refractivity contribution < 1.29 is 22.7 Å². The molecule has 11 heteroatoms. The van der Waals surface area contributed by atoms with Crippen molar-refractivity contribution in [1.29, 1.82) is 0 Å². The highest BCUT2D eigenvalue weighted by Gasteiger charge is 2.33. The Morgan fingerprint density at radius 3 is 2.48 bits per heavy atom. The van der Waals surface area contributed by atoms with Gasteiger partial charge in [-0.1, -0.05) is 23.7 Å². The number of nitrogens with one attached hydrogen (secondary N) is 2. The van der Waals surface area contributed by atoms with Crippen molar-refractivity contribution in [3.05, 3.63) is 80.9 Å². The molecule has 4 aromatic rings. The normalized spacial score (nSPS) is 11.6. The zero-order valence-corrected chi connectivity index (χ0v) is 18.0. The molecule has 1 amide bonds. The number of fused-ring (bicyclic) bond motifs is 1. The third kappa shape index (κ3) is 4.29. The fourth-order valence-corrected chi connectivity index (χ4v) is 3.62. The molecule has 0 atom stereocenters. The van der Waals surface area contributed by atoms with Crippen LogP contribution >= 0.6 is 11.6 Å². The fourth-order valence-electron chi connectivity index (χ4n) is 3.39. The lowest BCUT2D eigenvalue weighted by molar-refractivity contribution is -0.137. The number of halogens is 4. The number of rotatable bonds is 4. The van der Waals surface area contributed by atoms with Gasteiger partial charge in [0.05, 0.1) is 23.3 Å². The van der Waals surface area contributed by atoms with E-state index in [4.69, 9.17) is 16.3 Å². The molecule has 0 radical (unpaired) electrons. The Morgan fingerprint density at radius 1 is 1.15 bits per heavy atom. The van der Waals surface area contributed by atoms with Gasteiger partial charge in [-0.15, -0.1) is 0 Å². The van der Waals surface area contributed by atoms with Gasteiger partial charge in [-0.3, -0.25) is 9.59 Å². The number of nitrogens with zero attached hydrogens (tertiary/aromatic N) is 2. The first-order valence-electron chi connectivity index (χ1n) is 9.53. The van der Waals surface area contributed by atoms with Crippen LogP contribution in [0.4, 0.5) is 18.9 Å². The van der Waals surface area contributed by atoms with Crippen molar-refractivity contribution in [2.24, 2.45) is 0 Å². The molecule has 170 valence electrons. The Labute approximate surface area is 189 Å². The van der Waals surface area contributed by atoms with Crippen LogP contribution in [0.1, 0.15) is 21.7 Å². The molecule has 0 aliphatic carbocycles. The number of benzene rings is 2. The molecule has 0 saturated heterocycles. The van der Waals surface area contributed by atoms with Gasteiger partial charge in [0, 0.05) is 17.4 Å². The number of ether oxygens (including phenoxy) is 1. The minimum atomic E-state index is -4.69. The maximum absolute atomic E-state index is 13.2. The van der Waals surface area contributed by atoms with Gasteiger partial charge in [0.2, 0.25) is 0 Å². The number of aromatic nitrogens is 3. The average Bonchev–Trinajstić information content (AvgIpc) is 3.14. The Balaban J connectivity index is 1.84. The summed E-state index contributed by atoms with van der Waals surface area (Å²) in [4.78, 5) is 27.9. The first kappa shape index (κ1) is 22.4. The molecule has 0 saturated carbocycles. The summed E-state index contributed by atoms with van der Waals surface area (Å²) in [6, 6.07) is 11.1. The maximum atomic E-state index is 13.2. The van der Waals surface area contributed by atoms with E-state index in [1.807, 2.05) is 0 Å². The minimum absolute atomic E-state index is 0.0892. The van der Waals surface area contributed by atoms with Crippen LogP contribution in [0.2, 0.25) is 5.02 Å². The number of alkyl halides is 3. The van der Waals surface area contributed by atoms with Crippen molar-refractivity contribution in [3.8, 4) is 16.9 Å². The van der Waals surface area contributed by atoms with E-state index in [-0.39, 0.29) is 17.0 Å². The van der Waals surface area contributed by atoms with E-state index in [1.165, 1.54) is 23.8 Å². The summed E-state index contributed by atoms with van der Waals surface area (Å²) in [5, 5.41) is 6.26. The van der Waals surface area contributed by atoms with Crippen LogP contribution in [0.5, 0.6) is 5.75 Å². The monoisotopic (exact) mass is 476 g/mol. The van der Waals surface area contributed by atoms with E-state index >= 15 is 0 Å². The minimum Gasteiger partial charge on any atom is -0.497 e.